The Morgan fingerprint density at radius 3 is 2.90 bits per heavy atom. The van der Waals surface area contributed by atoms with Crippen LogP contribution in [0.25, 0.3) is 0 Å². The van der Waals surface area contributed by atoms with Gasteiger partial charge in [-0.15, -0.1) is 11.3 Å². The van der Waals surface area contributed by atoms with Gasteiger partial charge in [-0.05, 0) is 25.9 Å². The van der Waals surface area contributed by atoms with E-state index in [1.807, 2.05) is 11.3 Å². The maximum atomic E-state index is 4.99. The standard InChI is InChI=1S/C15H27N3S2/c1-5-6-16-9-13-14(11(2)3)17-15(20-13)12-10-19-8-7-18(12)4/h11-12,16H,5-10H2,1-4H3. The summed E-state index contributed by atoms with van der Waals surface area (Å²) in [5, 5.41) is 4.84. The predicted molar refractivity (Wildman–Crippen MR) is 90.9 cm³/mol. The molecule has 0 spiro atoms. The van der Waals surface area contributed by atoms with Crippen molar-refractivity contribution < 1.29 is 0 Å². The van der Waals surface area contributed by atoms with E-state index < -0.39 is 0 Å². The first kappa shape index (κ1) is 16.3. The SMILES string of the molecule is CCCNCc1sc(C2CSCCN2C)nc1C(C)C. The second-order valence-corrected chi connectivity index (χ2v) is 8.03. The van der Waals surface area contributed by atoms with E-state index in [0.29, 0.717) is 12.0 Å². The number of hydrogen-bond acceptors (Lipinski definition) is 5. The summed E-state index contributed by atoms with van der Waals surface area (Å²) in [6.45, 7) is 9.95. The Morgan fingerprint density at radius 2 is 2.25 bits per heavy atom. The zero-order valence-electron chi connectivity index (χ0n) is 13.1. The van der Waals surface area contributed by atoms with E-state index in [1.165, 1.54) is 40.0 Å². The van der Waals surface area contributed by atoms with Crippen molar-refractivity contribution in [3.05, 3.63) is 15.6 Å². The molecule has 1 aliphatic heterocycles. The summed E-state index contributed by atoms with van der Waals surface area (Å²) in [6, 6.07) is 0.510. The number of hydrogen-bond donors (Lipinski definition) is 1. The molecular formula is C15H27N3S2. The summed E-state index contributed by atoms with van der Waals surface area (Å²) in [6.07, 6.45) is 1.19. The van der Waals surface area contributed by atoms with Gasteiger partial charge in [0.05, 0.1) is 11.7 Å². The molecule has 114 valence electrons. The van der Waals surface area contributed by atoms with Crippen LogP contribution in [0.3, 0.4) is 0 Å². The largest absolute Gasteiger partial charge is 0.312 e. The van der Waals surface area contributed by atoms with Crippen molar-refractivity contribution in [3.63, 3.8) is 0 Å². The highest BCUT2D eigenvalue weighted by atomic mass is 32.2. The first-order valence-electron chi connectivity index (χ1n) is 7.61. The quantitative estimate of drug-likeness (QED) is 0.814. The molecule has 20 heavy (non-hydrogen) atoms. The topological polar surface area (TPSA) is 28.2 Å². The van der Waals surface area contributed by atoms with Crippen molar-refractivity contribution >= 4 is 23.1 Å². The van der Waals surface area contributed by atoms with Crippen molar-refractivity contribution in [2.24, 2.45) is 0 Å². The van der Waals surface area contributed by atoms with E-state index in [9.17, 15) is 0 Å². The summed E-state index contributed by atoms with van der Waals surface area (Å²) >= 11 is 3.98. The molecule has 0 aromatic carbocycles. The van der Waals surface area contributed by atoms with Crippen LogP contribution in [0.15, 0.2) is 0 Å². The van der Waals surface area contributed by atoms with Gasteiger partial charge in [0, 0.05) is 29.5 Å². The van der Waals surface area contributed by atoms with Crippen LogP contribution >= 0.6 is 23.1 Å². The van der Waals surface area contributed by atoms with Crippen molar-refractivity contribution in [1.29, 1.82) is 0 Å². The Morgan fingerprint density at radius 1 is 1.45 bits per heavy atom. The average molecular weight is 314 g/mol. The molecule has 0 amide bonds. The monoisotopic (exact) mass is 313 g/mol. The molecule has 0 radical (unpaired) electrons. The average Bonchev–Trinajstić information content (AvgIpc) is 2.84. The van der Waals surface area contributed by atoms with E-state index in [0.717, 1.165) is 13.1 Å². The van der Waals surface area contributed by atoms with E-state index in [4.69, 9.17) is 4.98 Å². The molecular weight excluding hydrogens is 286 g/mol. The first-order chi connectivity index (χ1) is 9.63. The lowest BCUT2D eigenvalue weighted by atomic mass is 10.1. The molecule has 5 heteroatoms. The Kier molecular flexibility index (Phi) is 6.33. The fourth-order valence-electron chi connectivity index (χ4n) is 2.43. The zero-order valence-corrected chi connectivity index (χ0v) is 14.7. The highest BCUT2D eigenvalue weighted by molar-refractivity contribution is 7.99. The summed E-state index contributed by atoms with van der Waals surface area (Å²) < 4.78 is 0. The molecule has 0 bridgehead atoms. The van der Waals surface area contributed by atoms with Crippen molar-refractivity contribution in [2.45, 2.75) is 45.7 Å². The molecule has 1 atom stereocenters. The predicted octanol–water partition coefficient (Wildman–Crippen LogP) is 3.49. The lowest BCUT2D eigenvalue weighted by Crippen LogP contribution is -2.32. The van der Waals surface area contributed by atoms with Crippen LogP contribution in [0, 0.1) is 0 Å². The summed E-state index contributed by atoms with van der Waals surface area (Å²) in [5.41, 5.74) is 1.30. The third-order valence-corrected chi connectivity index (χ3v) is 5.88. The lowest BCUT2D eigenvalue weighted by Gasteiger charge is -2.30. The first-order valence-corrected chi connectivity index (χ1v) is 9.58. The number of thiazole rings is 1. The van der Waals surface area contributed by atoms with Gasteiger partial charge in [-0.2, -0.15) is 11.8 Å². The fourth-order valence-corrected chi connectivity index (χ4v) is 5.11. The molecule has 1 aromatic rings. The van der Waals surface area contributed by atoms with Gasteiger partial charge < -0.3 is 5.32 Å². The summed E-state index contributed by atoms with van der Waals surface area (Å²) in [7, 11) is 2.23. The molecule has 2 rings (SSSR count). The molecule has 1 N–H and O–H groups in total. The Bertz CT molecular complexity index is 417. The Hall–Kier alpha value is -0.100. The molecule has 1 unspecified atom stereocenters. The minimum absolute atomic E-state index is 0.510. The molecule has 0 aliphatic carbocycles. The van der Waals surface area contributed by atoms with Crippen LogP contribution in [0.1, 0.15) is 54.7 Å². The van der Waals surface area contributed by atoms with Crippen molar-refractivity contribution in [1.82, 2.24) is 15.2 Å². The van der Waals surface area contributed by atoms with Crippen LogP contribution < -0.4 is 5.32 Å². The van der Waals surface area contributed by atoms with Gasteiger partial charge in [-0.25, -0.2) is 4.98 Å². The highest BCUT2D eigenvalue weighted by Crippen LogP contribution is 2.34. The number of rotatable bonds is 6. The van der Waals surface area contributed by atoms with Gasteiger partial charge in [0.15, 0.2) is 0 Å². The van der Waals surface area contributed by atoms with Crippen molar-refractivity contribution in [2.75, 3.05) is 31.6 Å². The zero-order chi connectivity index (χ0) is 14.5. The van der Waals surface area contributed by atoms with Crippen LogP contribution in [-0.4, -0.2) is 41.5 Å². The summed E-state index contributed by atoms with van der Waals surface area (Å²) in [4.78, 5) is 8.88. The third kappa shape index (κ3) is 3.97. The van der Waals surface area contributed by atoms with E-state index >= 15 is 0 Å². The van der Waals surface area contributed by atoms with E-state index in [2.05, 4.69) is 49.8 Å². The number of nitrogens with zero attached hydrogens (tertiary/aromatic N) is 2. The lowest BCUT2D eigenvalue weighted by molar-refractivity contribution is 0.274. The van der Waals surface area contributed by atoms with Gasteiger partial charge in [-0.1, -0.05) is 20.8 Å². The molecule has 1 fully saturated rings. The van der Waals surface area contributed by atoms with Gasteiger partial charge in [-0.3, -0.25) is 4.90 Å². The number of aromatic nitrogens is 1. The van der Waals surface area contributed by atoms with Crippen LogP contribution in [0.4, 0.5) is 0 Å². The van der Waals surface area contributed by atoms with Gasteiger partial charge in [0.2, 0.25) is 0 Å². The van der Waals surface area contributed by atoms with Crippen molar-refractivity contribution in [3.8, 4) is 0 Å². The number of thioether (sulfide) groups is 1. The Balaban J connectivity index is 2.15. The molecule has 3 nitrogen and oxygen atoms in total. The second kappa shape index (κ2) is 7.78. The fraction of sp³-hybridized carbons (Fsp3) is 0.800. The highest BCUT2D eigenvalue weighted by Gasteiger charge is 2.26. The van der Waals surface area contributed by atoms with Gasteiger partial charge in [0.25, 0.3) is 0 Å². The minimum atomic E-state index is 0.510. The molecule has 1 aliphatic rings. The molecule has 0 saturated carbocycles. The Labute approximate surface area is 131 Å². The van der Waals surface area contributed by atoms with Crippen LogP contribution in [0.5, 0.6) is 0 Å². The number of nitrogens with one attached hydrogen (secondary N) is 1. The molecule has 1 aromatic heterocycles. The third-order valence-electron chi connectivity index (χ3n) is 3.68. The van der Waals surface area contributed by atoms with Gasteiger partial charge in [0.1, 0.15) is 5.01 Å². The van der Waals surface area contributed by atoms with E-state index in [-0.39, 0.29) is 0 Å². The van der Waals surface area contributed by atoms with Gasteiger partial charge >= 0.3 is 0 Å². The van der Waals surface area contributed by atoms with Crippen LogP contribution in [-0.2, 0) is 6.54 Å². The second-order valence-electron chi connectivity index (χ2n) is 5.76. The maximum Gasteiger partial charge on any atom is 0.111 e. The minimum Gasteiger partial charge on any atom is -0.312 e. The van der Waals surface area contributed by atoms with Crippen LogP contribution in [0.2, 0.25) is 0 Å². The molecule has 1 saturated heterocycles. The van der Waals surface area contributed by atoms with E-state index in [1.54, 1.807) is 0 Å². The maximum absolute atomic E-state index is 4.99. The summed E-state index contributed by atoms with van der Waals surface area (Å²) in [5.74, 6) is 2.95. The molecule has 2 heterocycles. The smallest absolute Gasteiger partial charge is 0.111 e. The normalized spacial score (nSPS) is 20.8.